The van der Waals surface area contributed by atoms with Crippen molar-refractivity contribution in [2.75, 3.05) is 33.5 Å². The predicted octanol–water partition coefficient (Wildman–Crippen LogP) is 2.62. The number of ether oxygens (including phenoxy) is 3. The zero-order valence-electron chi connectivity index (χ0n) is 18.1. The van der Waals surface area contributed by atoms with Gasteiger partial charge in [0.2, 0.25) is 5.88 Å². The molecule has 2 rings (SSSR count). The van der Waals surface area contributed by atoms with Crippen molar-refractivity contribution in [3.63, 3.8) is 0 Å². The van der Waals surface area contributed by atoms with Crippen molar-refractivity contribution in [1.29, 1.82) is 0 Å². The van der Waals surface area contributed by atoms with Gasteiger partial charge in [0, 0.05) is 38.0 Å². The fraction of sp³-hybridized carbons (Fsp3) is 0.368. The van der Waals surface area contributed by atoms with Crippen molar-refractivity contribution >= 4 is 28.0 Å². The van der Waals surface area contributed by atoms with Crippen LogP contribution in [0, 0.1) is 0 Å². The third kappa shape index (κ3) is 9.37. The maximum Gasteiger partial charge on any atom is 0.423 e. The molecule has 0 bridgehead atoms. The summed E-state index contributed by atoms with van der Waals surface area (Å²) >= 11 is 5.91. The van der Waals surface area contributed by atoms with E-state index in [1.165, 1.54) is 25.3 Å². The maximum absolute atomic E-state index is 12.9. The molecule has 0 spiro atoms. The molecular formula is C19H21ClF3N3O8S. The molecule has 16 heteroatoms. The predicted molar refractivity (Wildman–Crippen MR) is 115 cm³/mol. The first kappa shape index (κ1) is 28.4. The molecule has 0 aliphatic rings. The second-order valence-corrected chi connectivity index (χ2v) is 8.29. The molecule has 0 aliphatic carbocycles. The van der Waals surface area contributed by atoms with E-state index in [4.69, 9.17) is 30.9 Å². The summed E-state index contributed by atoms with van der Waals surface area (Å²) in [6.07, 6.45) is -5.46. The van der Waals surface area contributed by atoms with E-state index in [9.17, 15) is 26.4 Å². The largest absolute Gasteiger partial charge is 0.491 e. The highest BCUT2D eigenvalue weighted by Gasteiger charge is 2.32. The van der Waals surface area contributed by atoms with Gasteiger partial charge in [-0.1, -0.05) is 11.6 Å². The molecule has 0 fully saturated rings. The first-order valence-corrected chi connectivity index (χ1v) is 11.5. The van der Waals surface area contributed by atoms with Crippen LogP contribution in [0.25, 0.3) is 0 Å². The van der Waals surface area contributed by atoms with Crippen molar-refractivity contribution in [3.05, 3.63) is 46.6 Å². The summed E-state index contributed by atoms with van der Waals surface area (Å²) in [5, 5.41) is 10.4. The van der Waals surface area contributed by atoms with Crippen LogP contribution in [0.2, 0.25) is 5.02 Å². The zero-order valence-corrected chi connectivity index (χ0v) is 19.7. The molecule has 0 saturated carbocycles. The molecule has 3 N–H and O–H groups in total. The monoisotopic (exact) mass is 543 g/mol. The van der Waals surface area contributed by atoms with Crippen molar-refractivity contribution in [2.45, 2.75) is 12.7 Å². The van der Waals surface area contributed by atoms with Crippen LogP contribution in [0.5, 0.6) is 17.4 Å². The maximum atomic E-state index is 12.9. The second-order valence-electron chi connectivity index (χ2n) is 6.52. The van der Waals surface area contributed by atoms with Gasteiger partial charge in [-0.15, -0.1) is 0 Å². The summed E-state index contributed by atoms with van der Waals surface area (Å²) in [7, 11) is -2.98. The van der Waals surface area contributed by atoms with E-state index >= 15 is 0 Å². The summed E-state index contributed by atoms with van der Waals surface area (Å²) in [5.41, 5.74) is -0.827. The Balaban J connectivity index is 2.22. The van der Waals surface area contributed by atoms with E-state index < -0.39 is 39.8 Å². The SMILES string of the molecule is COCCOc1ccc(CNC(=O)OS(=O)(=O)NCCO)c(Oc2ncc(C(F)(F)F)cc2Cl)c1. The van der Waals surface area contributed by atoms with Gasteiger partial charge in [-0.2, -0.15) is 26.3 Å². The molecule has 0 radical (unpaired) electrons. The number of pyridine rings is 1. The van der Waals surface area contributed by atoms with Crippen molar-refractivity contribution in [1.82, 2.24) is 15.0 Å². The topological polar surface area (TPSA) is 145 Å². The minimum Gasteiger partial charge on any atom is -0.491 e. The van der Waals surface area contributed by atoms with Crippen LogP contribution in [-0.4, -0.2) is 58.1 Å². The summed E-state index contributed by atoms with van der Waals surface area (Å²) in [6.45, 7) is -0.738. The van der Waals surface area contributed by atoms with E-state index in [2.05, 4.69) is 14.5 Å². The van der Waals surface area contributed by atoms with E-state index in [0.29, 0.717) is 18.0 Å². The summed E-state index contributed by atoms with van der Waals surface area (Å²) < 4.78 is 83.8. The minimum absolute atomic E-state index is 0.00404. The number of benzene rings is 1. The lowest BCUT2D eigenvalue weighted by Crippen LogP contribution is -2.34. The van der Waals surface area contributed by atoms with Crippen LogP contribution >= 0.6 is 11.6 Å². The van der Waals surface area contributed by atoms with Crippen molar-refractivity contribution in [2.24, 2.45) is 0 Å². The average molecular weight is 544 g/mol. The van der Waals surface area contributed by atoms with Crippen molar-refractivity contribution < 1.29 is 49.9 Å². The zero-order chi connectivity index (χ0) is 26.1. The molecule has 0 unspecified atom stereocenters. The molecule has 194 valence electrons. The molecule has 1 heterocycles. The van der Waals surface area contributed by atoms with Gasteiger partial charge in [0.1, 0.15) is 23.1 Å². The number of hydrogen-bond donors (Lipinski definition) is 3. The Hall–Kier alpha value is -2.85. The fourth-order valence-corrected chi connectivity index (χ4v) is 3.23. The Bertz CT molecular complexity index is 1120. The molecule has 1 amide bonds. The first-order chi connectivity index (χ1) is 16.4. The lowest BCUT2D eigenvalue weighted by atomic mass is 10.2. The summed E-state index contributed by atoms with van der Waals surface area (Å²) in [6, 6.07) is 4.97. The van der Waals surface area contributed by atoms with E-state index in [-0.39, 0.29) is 43.5 Å². The first-order valence-electron chi connectivity index (χ1n) is 9.68. The smallest absolute Gasteiger partial charge is 0.423 e. The summed E-state index contributed by atoms with van der Waals surface area (Å²) in [5.74, 6) is -0.0638. The van der Waals surface area contributed by atoms with Gasteiger partial charge in [-0.25, -0.2) is 9.78 Å². The number of amides is 1. The Morgan fingerprint density at radius 3 is 2.60 bits per heavy atom. The number of halogens is 4. The van der Waals surface area contributed by atoms with Gasteiger partial charge in [0.25, 0.3) is 0 Å². The van der Waals surface area contributed by atoms with Crippen LogP contribution in [0.15, 0.2) is 30.5 Å². The highest BCUT2D eigenvalue weighted by molar-refractivity contribution is 7.85. The van der Waals surface area contributed by atoms with Gasteiger partial charge in [0.05, 0.1) is 18.8 Å². The van der Waals surface area contributed by atoms with E-state index in [1.54, 1.807) is 0 Å². The third-order valence-corrected chi connectivity index (χ3v) is 5.13. The van der Waals surface area contributed by atoms with E-state index in [1.807, 2.05) is 4.72 Å². The Labute approximate surface area is 203 Å². The Morgan fingerprint density at radius 2 is 1.97 bits per heavy atom. The quantitative estimate of drug-likeness (QED) is 0.344. The van der Waals surface area contributed by atoms with Gasteiger partial charge in [-0.05, 0) is 18.2 Å². The molecular weight excluding hydrogens is 523 g/mol. The van der Waals surface area contributed by atoms with E-state index in [0.717, 1.165) is 0 Å². The Kier molecular flexibility index (Phi) is 10.3. The number of aliphatic hydroxyl groups is 1. The number of rotatable bonds is 12. The molecule has 2 aromatic rings. The van der Waals surface area contributed by atoms with Crippen LogP contribution < -0.4 is 19.5 Å². The standard InChI is InChI=1S/C19H21ClF3N3O8S/c1-31-6-7-32-14-3-2-12(10-25-18(28)34-35(29,30)26-4-5-27)16(9-14)33-17-15(20)8-13(11-24-17)19(21,22)23/h2-3,8-9,11,26-27H,4-7,10H2,1H3,(H,25,28). The molecule has 1 aromatic carbocycles. The average Bonchev–Trinajstić information content (AvgIpc) is 2.77. The lowest BCUT2D eigenvalue weighted by Gasteiger charge is -2.15. The van der Waals surface area contributed by atoms with Crippen LogP contribution in [0.4, 0.5) is 18.0 Å². The van der Waals surface area contributed by atoms with Gasteiger partial charge >= 0.3 is 22.6 Å². The third-order valence-electron chi connectivity index (χ3n) is 3.94. The second kappa shape index (κ2) is 12.7. The van der Waals surface area contributed by atoms with Gasteiger partial charge in [0.15, 0.2) is 0 Å². The molecule has 11 nitrogen and oxygen atoms in total. The minimum atomic E-state index is -4.66. The number of methoxy groups -OCH3 is 1. The van der Waals surface area contributed by atoms with Gasteiger partial charge < -0.3 is 28.8 Å². The molecule has 1 aromatic heterocycles. The number of aliphatic hydroxyl groups excluding tert-OH is 1. The number of aromatic nitrogens is 1. The molecule has 0 atom stereocenters. The van der Waals surface area contributed by atoms with Gasteiger partial charge in [-0.3, -0.25) is 0 Å². The van der Waals surface area contributed by atoms with Crippen LogP contribution in [-0.2, 0) is 31.9 Å². The van der Waals surface area contributed by atoms with Crippen LogP contribution in [0.3, 0.4) is 0 Å². The lowest BCUT2D eigenvalue weighted by molar-refractivity contribution is -0.137. The number of carbonyl (C=O) groups is 1. The molecule has 0 aliphatic heterocycles. The number of carbonyl (C=O) groups excluding carboxylic acids is 1. The fourth-order valence-electron chi connectivity index (χ4n) is 2.36. The van der Waals surface area contributed by atoms with Crippen molar-refractivity contribution in [3.8, 4) is 17.4 Å². The number of nitrogens with zero attached hydrogens (tertiary/aromatic N) is 1. The molecule has 0 saturated heterocycles. The normalized spacial score (nSPS) is 11.7. The summed E-state index contributed by atoms with van der Waals surface area (Å²) in [4.78, 5) is 15.5. The highest BCUT2D eigenvalue weighted by Crippen LogP contribution is 2.36. The number of alkyl halides is 3. The number of nitrogens with one attached hydrogen (secondary N) is 2. The van der Waals surface area contributed by atoms with Crippen LogP contribution in [0.1, 0.15) is 11.1 Å². The number of hydrogen-bond acceptors (Lipinski definition) is 9. The Morgan fingerprint density at radius 1 is 1.23 bits per heavy atom. The molecule has 35 heavy (non-hydrogen) atoms. The highest BCUT2D eigenvalue weighted by atomic mass is 35.5.